The zero-order valence-corrected chi connectivity index (χ0v) is 14.4. The number of hydrogen-bond donors (Lipinski definition) is 1. The van der Waals surface area contributed by atoms with Crippen molar-refractivity contribution >= 4 is 31.9 Å². The summed E-state index contributed by atoms with van der Waals surface area (Å²) >= 11 is 6.93. The molecule has 0 radical (unpaired) electrons. The number of halogens is 2. The van der Waals surface area contributed by atoms with Crippen molar-refractivity contribution in [2.24, 2.45) is 0 Å². The van der Waals surface area contributed by atoms with Crippen molar-refractivity contribution in [2.75, 3.05) is 5.33 Å². The molecule has 2 rings (SSSR count). The van der Waals surface area contributed by atoms with Crippen molar-refractivity contribution in [2.45, 2.75) is 24.6 Å². The van der Waals surface area contributed by atoms with Crippen LogP contribution in [0.1, 0.15) is 22.6 Å². The lowest BCUT2D eigenvalue weighted by atomic mass is 10.1. The fourth-order valence-electron chi connectivity index (χ4n) is 2.06. The number of aryl methyl sites for hydroxylation is 1. The number of nitrogens with zero attached hydrogens (tertiary/aromatic N) is 1. The Balaban J connectivity index is 2.24. The first kappa shape index (κ1) is 15.4. The molecule has 0 aliphatic carbocycles. The first-order valence-electron chi connectivity index (χ1n) is 6.42. The van der Waals surface area contributed by atoms with E-state index in [1.54, 1.807) is 0 Å². The molecule has 0 fully saturated rings. The van der Waals surface area contributed by atoms with Gasteiger partial charge in [-0.3, -0.25) is 4.79 Å². The zero-order valence-electron chi connectivity index (χ0n) is 11.2. The smallest absolute Gasteiger partial charge is 0.254 e. The van der Waals surface area contributed by atoms with Gasteiger partial charge in [0.05, 0.1) is 0 Å². The normalized spacial score (nSPS) is 12.3. The Morgan fingerprint density at radius 3 is 2.60 bits per heavy atom. The largest absolute Gasteiger partial charge is 0.310 e. The van der Waals surface area contributed by atoms with Crippen molar-refractivity contribution in [3.05, 3.63) is 63.3 Å². The molecule has 0 bridgehead atoms. The molecule has 0 amide bonds. The van der Waals surface area contributed by atoms with Gasteiger partial charge in [0.1, 0.15) is 5.82 Å². The highest BCUT2D eigenvalue weighted by Gasteiger charge is 2.12. The highest BCUT2D eigenvalue weighted by atomic mass is 79.9. The summed E-state index contributed by atoms with van der Waals surface area (Å²) in [4.78, 5) is 19.8. The fraction of sp³-hybridized carbons (Fsp3) is 0.333. The van der Waals surface area contributed by atoms with Crippen LogP contribution in [0.25, 0.3) is 0 Å². The Kier molecular flexibility index (Phi) is 5.54. The zero-order chi connectivity index (χ0) is 14.5. The maximum Gasteiger partial charge on any atom is 0.254 e. The molecule has 5 heteroatoms. The molecule has 106 valence electrons. The van der Waals surface area contributed by atoms with Gasteiger partial charge in [0.15, 0.2) is 0 Å². The summed E-state index contributed by atoms with van der Waals surface area (Å²) < 4.78 is 0. The number of alkyl halides is 2. The van der Waals surface area contributed by atoms with Crippen LogP contribution in [0.4, 0.5) is 0 Å². The summed E-state index contributed by atoms with van der Waals surface area (Å²) in [6.45, 7) is 1.90. The Morgan fingerprint density at radius 1 is 1.30 bits per heavy atom. The second kappa shape index (κ2) is 7.18. The van der Waals surface area contributed by atoms with Crippen molar-refractivity contribution in [3.8, 4) is 0 Å². The summed E-state index contributed by atoms with van der Waals surface area (Å²) in [5.74, 6) is 0.715. The van der Waals surface area contributed by atoms with E-state index < -0.39 is 0 Å². The number of nitrogens with one attached hydrogen (secondary N) is 1. The highest BCUT2D eigenvalue weighted by Crippen LogP contribution is 2.12. The molecule has 1 atom stereocenters. The van der Waals surface area contributed by atoms with Crippen LogP contribution in [-0.2, 0) is 12.8 Å². The molecular weight excluding hydrogens is 384 g/mol. The van der Waals surface area contributed by atoms with Gasteiger partial charge in [0, 0.05) is 27.8 Å². The molecule has 1 heterocycles. The Hall–Kier alpha value is -0.940. The van der Waals surface area contributed by atoms with Crippen LogP contribution in [-0.4, -0.2) is 20.1 Å². The van der Waals surface area contributed by atoms with Crippen LogP contribution in [0, 0.1) is 6.92 Å². The number of H-pyrrole nitrogens is 1. The molecule has 0 saturated carbocycles. The predicted octanol–water partition coefficient (Wildman–Crippen LogP) is 3.37. The van der Waals surface area contributed by atoms with Crippen LogP contribution in [0.5, 0.6) is 0 Å². The topological polar surface area (TPSA) is 45.8 Å². The van der Waals surface area contributed by atoms with E-state index in [9.17, 15) is 4.79 Å². The van der Waals surface area contributed by atoms with Crippen molar-refractivity contribution in [1.29, 1.82) is 0 Å². The monoisotopic (exact) mass is 398 g/mol. The molecule has 1 N–H and O–H groups in total. The Bertz CT molecular complexity index is 626. The van der Waals surface area contributed by atoms with E-state index in [1.165, 1.54) is 0 Å². The van der Waals surface area contributed by atoms with E-state index in [2.05, 4.69) is 41.8 Å². The molecule has 0 saturated heterocycles. The SMILES string of the molecule is Cc1nc(Cc2ccccc2)[nH]c(=O)c1CC(Br)CBr. The van der Waals surface area contributed by atoms with Gasteiger partial charge in [0.2, 0.25) is 0 Å². The van der Waals surface area contributed by atoms with E-state index in [1.807, 2.05) is 37.3 Å². The highest BCUT2D eigenvalue weighted by molar-refractivity contribution is 9.12. The van der Waals surface area contributed by atoms with Gasteiger partial charge in [-0.15, -0.1) is 0 Å². The third-order valence-electron chi connectivity index (χ3n) is 3.08. The Morgan fingerprint density at radius 2 is 2.00 bits per heavy atom. The van der Waals surface area contributed by atoms with Crippen LogP contribution >= 0.6 is 31.9 Å². The van der Waals surface area contributed by atoms with Gasteiger partial charge < -0.3 is 4.98 Å². The second-order valence-corrected chi connectivity index (χ2v) is 6.64. The summed E-state index contributed by atoms with van der Waals surface area (Å²) in [5.41, 5.74) is 2.67. The first-order valence-corrected chi connectivity index (χ1v) is 8.46. The van der Waals surface area contributed by atoms with Crippen LogP contribution in [0.15, 0.2) is 35.1 Å². The van der Waals surface area contributed by atoms with E-state index in [0.717, 1.165) is 22.2 Å². The van der Waals surface area contributed by atoms with Gasteiger partial charge in [-0.05, 0) is 18.9 Å². The minimum atomic E-state index is -0.0335. The maximum absolute atomic E-state index is 12.2. The molecule has 0 aliphatic heterocycles. The van der Waals surface area contributed by atoms with E-state index in [-0.39, 0.29) is 10.4 Å². The molecule has 2 aromatic rings. The standard InChI is InChI=1S/C15H16Br2N2O/c1-10-13(8-12(17)9-16)15(20)19-14(18-10)7-11-5-3-2-4-6-11/h2-6,12H,7-9H2,1H3,(H,18,19,20). The first-order chi connectivity index (χ1) is 9.60. The molecule has 0 aliphatic rings. The predicted molar refractivity (Wildman–Crippen MR) is 89.1 cm³/mol. The number of benzene rings is 1. The van der Waals surface area contributed by atoms with Gasteiger partial charge in [-0.2, -0.15) is 0 Å². The van der Waals surface area contributed by atoms with Gasteiger partial charge in [-0.1, -0.05) is 62.2 Å². The molecule has 20 heavy (non-hydrogen) atoms. The number of aromatic nitrogens is 2. The van der Waals surface area contributed by atoms with Crippen molar-refractivity contribution < 1.29 is 0 Å². The maximum atomic E-state index is 12.2. The Labute approximate surface area is 135 Å². The lowest BCUT2D eigenvalue weighted by Gasteiger charge is -2.09. The molecule has 0 spiro atoms. The molecule has 1 aromatic carbocycles. The summed E-state index contributed by atoms with van der Waals surface area (Å²) in [7, 11) is 0. The van der Waals surface area contributed by atoms with Crippen molar-refractivity contribution in [1.82, 2.24) is 9.97 Å². The third-order valence-corrected chi connectivity index (χ3v) is 5.38. The summed E-state index contributed by atoms with van der Waals surface area (Å²) in [5, 5.41) is 0.803. The molecule has 1 unspecified atom stereocenters. The lowest BCUT2D eigenvalue weighted by Crippen LogP contribution is -2.22. The average molecular weight is 400 g/mol. The summed E-state index contributed by atoms with van der Waals surface area (Å²) in [6, 6.07) is 10.0. The quantitative estimate of drug-likeness (QED) is 0.783. The minimum Gasteiger partial charge on any atom is -0.310 e. The van der Waals surface area contributed by atoms with E-state index in [4.69, 9.17) is 0 Å². The average Bonchev–Trinajstić information content (AvgIpc) is 2.43. The van der Waals surface area contributed by atoms with Crippen LogP contribution in [0.3, 0.4) is 0 Å². The number of aromatic amines is 1. The van der Waals surface area contributed by atoms with E-state index >= 15 is 0 Å². The number of rotatable bonds is 5. The molecule has 1 aromatic heterocycles. The second-order valence-electron chi connectivity index (χ2n) is 4.69. The van der Waals surface area contributed by atoms with Crippen molar-refractivity contribution in [3.63, 3.8) is 0 Å². The third kappa shape index (κ3) is 4.03. The van der Waals surface area contributed by atoms with Crippen LogP contribution in [0.2, 0.25) is 0 Å². The lowest BCUT2D eigenvalue weighted by molar-refractivity contribution is 0.852. The number of hydrogen-bond acceptors (Lipinski definition) is 2. The van der Waals surface area contributed by atoms with Gasteiger partial charge in [0.25, 0.3) is 5.56 Å². The minimum absolute atomic E-state index is 0.0335. The van der Waals surface area contributed by atoms with E-state index in [0.29, 0.717) is 18.7 Å². The molecule has 3 nitrogen and oxygen atoms in total. The molecular formula is C15H16Br2N2O. The van der Waals surface area contributed by atoms with Gasteiger partial charge in [-0.25, -0.2) is 4.98 Å². The van der Waals surface area contributed by atoms with Gasteiger partial charge >= 0.3 is 0 Å². The fourth-order valence-corrected chi connectivity index (χ4v) is 2.61. The summed E-state index contributed by atoms with van der Waals surface area (Å²) in [6.07, 6.45) is 1.32. The van der Waals surface area contributed by atoms with Crippen LogP contribution < -0.4 is 5.56 Å².